The van der Waals surface area contributed by atoms with E-state index < -0.39 is 7.82 Å². The highest BCUT2D eigenvalue weighted by Crippen LogP contribution is 2.33. The quantitative estimate of drug-likeness (QED) is 0.0413. The predicted molar refractivity (Wildman–Crippen MR) is 447 cm³/mol. The van der Waals surface area contributed by atoms with Crippen molar-refractivity contribution in [2.24, 2.45) is 0 Å². The van der Waals surface area contributed by atoms with E-state index in [1.165, 1.54) is 405 Å². The summed E-state index contributed by atoms with van der Waals surface area (Å²) in [6.45, 7) is 43.1. The Bertz CT molecular complexity index is 1190. The molecule has 8 heteroatoms. The van der Waals surface area contributed by atoms with Crippen LogP contribution < -0.4 is 0 Å². The molecule has 0 aliphatic rings. The van der Waals surface area contributed by atoms with Crippen molar-refractivity contribution in [3.05, 3.63) is 0 Å². The first kappa shape index (κ1) is 104. The van der Waals surface area contributed by atoms with E-state index in [0.29, 0.717) is 0 Å². The van der Waals surface area contributed by atoms with Gasteiger partial charge in [-0.15, -0.1) is 0 Å². The van der Waals surface area contributed by atoms with Crippen LogP contribution in [0.4, 0.5) is 0 Å². The number of hydrogen-bond acceptors (Lipinski definition) is 4. The Balaban J connectivity index is -0.000000652. The Morgan fingerprint density at radius 2 is 0.255 bits per heavy atom. The second kappa shape index (κ2) is 81.1. The number of unbranched alkanes of at least 4 members (excludes halogenated alkanes) is 36. The summed E-state index contributed by atoms with van der Waals surface area (Å²) >= 11 is 0. The minimum atomic E-state index is -4.64. The molecule has 3 N–H and O–H groups in total. The van der Waals surface area contributed by atoms with Gasteiger partial charge in [0.25, 0.3) is 0 Å². The van der Waals surface area contributed by atoms with Crippen molar-refractivity contribution in [2.75, 3.05) is 0 Å². The molecule has 98 heavy (non-hydrogen) atoms. The Hall–Kier alpha value is -0.0100. The highest BCUT2D eigenvalue weighted by atomic mass is 31.2. The fourth-order valence-corrected chi connectivity index (χ4v) is 16.6. The lowest BCUT2D eigenvalue weighted by Crippen LogP contribution is -2.49. The van der Waals surface area contributed by atoms with Gasteiger partial charge in [0.05, 0.1) is 0 Å². The van der Waals surface area contributed by atoms with Gasteiger partial charge < -0.3 is 14.7 Å². The summed E-state index contributed by atoms with van der Waals surface area (Å²) in [6.07, 6.45) is 88.8. The molecule has 0 saturated heterocycles. The van der Waals surface area contributed by atoms with Crippen LogP contribution in [0.1, 0.15) is 529 Å². The van der Waals surface area contributed by atoms with Crippen LogP contribution in [0, 0.1) is 0 Å². The minimum Gasteiger partial charge on any atom is -0.303 e. The number of phosphoric acid groups is 1. The SMILES string of the molecule is CCCCCCCC(CC)N(C(CC)CCCCCCC)C(CC)CCCCCCC.CCCCCCCC(CC)N(C(CC)CCCCCCC)C(CC)CCCCCCC.CCCCCCCC(CC)N(C(CC)CCCCCCC)C(CC)CCCCCCC.O=P(O)(O)O. The van der Waals surface area contributed by atoms with E-state index in [1.807, 2.05) is 0 Å². The van der Waals surface area contributed by atoms with E-state index >= 15 is 0 Å². The largest absolute Gasteiger partial charge is 0.466 e. The average Bonchev–Trinajstić information content (AvgIpc) is 0.882. The maximum absolute atomic E-state index is 8.88. The maximum atomic E-state index is 8.88. The van der Waals surface area contributed by atoms with E-state index in [1.54, 1.807) is 0 Å². The van der Waals surface area contributed by atoms with E-state index in [2.05, 4.69) is 139 Å². The van der Waals surface area contributed by atoms with Crippen LogP contribution >= 0.6 is 7.82 Å². The summed E-state index contributed by atoms with van der Waals surface area (Å²) in [5.41, 5.74) is 0. The molecule has 0 aliphatic carbocycles. The van der Waals surface area contributed by atoms with Gasteiger partial charge in [-0.1, -0.05) is 414 Å². The van der Waals surface area contributed by atoms with Gasteiger partial charge in [0.1, 0.15) is 0 Å². The van der Waals surface area contributed by atoms with Crippen LogP contribution in [0.25, 0.3) is 0 Å². The molecule has 0 spiro atoms. The molecule has 596 valence electrons. The summed E-state index contributed by atoms with van der Waals surface area (Å²) in [5.74, 6) is 0. The molecule has 0 radical (unpaired) electrons. The van der Waals surface area contributed by atoms with E-state index in [0.717, 1.165) is 54.4 Å². The second-order valence-electron chi connectivity index (χ2n) is 31.2. The summed E-state index contributed by atoms with van der Waals surface area (Å²) in [7, 11) is -4.64. The van der Waals surface area contributed by atoms with Crippen molar-refractivity contribution in [3.8, 4) is 0 Å². The van der Waals surface area contributed by atoms with Gasteiger partial charge >= 0.3 is 7.82 Å². The summed E-state index contributed by atoms with van der Waals surface area (Å²) in [5, 5.41) is 0. The fourth-order valence-electron chi connectivity index (χ4n) is 16.6. The molecular weight excluding hydrogens is 1220 g/mol. The molecule has 0 bridgehead atoms. The molecule has 0 rings (SSSR count). The third-order valence-corrected chi connectivity index (χ3v) is 22.8. The zero-order valence-corrected chi connectivity index (χ0v) is 72.2. The van der Waals surface area contributed by atoms with Crippen molar-refractivity contribution in [3.63, 3.8) is 0 Å². The van der Waals surface area contributed by atoms with Crippen LogP contribution in [0.2, 0.25) is 0 Å². The van der Waals surface area contributed by atoms with Crippen molar-refractivity contribution in [1.82, 2.24) is 14.7 Å². The molecule has 0 aromatic carbocycles. The lowest BCUT2D eigenvalue weighted by atomic mass is 9.92. The smallest absolute Gasteiger partial charge is 0.303 e. The highest BCUT2D eigenvalue weighted by Gasteiger charge is 2.32. The van der Waals surface area contributed by atoms with Crippen LogP contribution in [0.5, 0.6) is 0 Å². The lowest BCUT2D eigenvalue weighted by molar-refractivity contribution is 0.0509. The predicted octanol–water partition coefficient (Wildman–Crippen LogP) is 31.2. The van der Waals surface area contributed by atoms with Crippen LogP contribution in [0.15, 0.2) is 0 Å². The van der Waals surface area contributed by atoms with Crippen molar-refractivity contribution >= 4 is 7.82 Å². The van der Waals surface area contributed by atoms with Gasteiger partial charge in [0.2, 0.25) is 0 Å². The summed E-state index contributed by atoms with van der Waals surface area (Å²) in [4.78, 5) is 30.8. The first-order valence-electron chi connectivity index (χ1n) is 45.7. The molecule has 0 amide bonds. The van der Waals surface area contributed by atoms with Gasteiger partial charge in [-0.05, 0) is 116 Å². The Labute approximate surface area is 621 Å². The van der Waals surface area contributed by atoms with Gasteiger partial charge in [0.15, 0.2) is 0 Å². The van der Waals surface area contributed by atoms with E-state index in [-0.39, 0.29) is 0 Å². The molecule has 0 fully saturated rings. The molecule has 9 atom stereocenters. The Kier molecular flexibility index (Phi) is 86.3. The standard InChI is InChI=1S/3C30H63N.H3O4P/c3*1-7-13-16-19-22-25-28(10-4)31(29(11-5)26-23-20-17-14-8-2)30(12-6)27-24-21-18-15-9-3;1-5(2,3)4/h3*28-30H,7-27H2,1-6H3;(H3,1,2,3,4). The zero-order valence-electron chi connectivity index (χ0n) is 71.3. The molecule has 0 heterocycles. The normalized spacial score (nSPS) is 14.7. The van der Waals surface area contributed by atoms with Crippen molar-refractivity contribution in [2.45, 2.75) is 584 Å². The van der Waals surface area contributed by atoms with E-state index in [4.69, 9.17) is 19.2 Å². The third-order valence-electron chi connectivity index (χ3n) is 22.8. The molecule has 7 nitrogen and oxygen atoms in total. The van der Waals surface area contributed by atoms with Gasteiger partial charge in [-0.2, -0.15) is 0 Å². The topological polar surface area (TPSA) is 87.5 Å². The first-order valence-corrected chi connectivity index (χ1v) is 47.2. The molecule has 0 aromatic heterocycles. The zero-order chi connectivity index (χ0) is 74.0. The van der Waals surface area contributed by atoms with Crippen LogP contribution in [0.3, 0.4) is 0 Å². The molecule has 9 unspecified atom stereocenters. The van der Waals surface area contributed by atoms with Crippen LogP contribution in [-0.4, -0.2) is 83.8 Å². The number of nitrogens with zero attached hydrogens (tertiary/aromatic N) is 3. The van der Waals surface area contributed by atoms with Gasteiger partial charge in [-0.3, -0.25) is 14.7 Å². The molecular formula is C90H192N3O4P. The summed E-state index contributed by atoms with van der Waals surface area (Å²) < 4.78 is 8.88. The first-order chi connectivity index (χ1) is 47.6. The highest BCUT2D eigenvalue weighted by molar-refractivity contribution is 7.45. The molecule has 0 aromatic rings. The monoisotopic (exact) mass is 1410 g/mol. The molecule has 0 aliphatic heterocycles. The number of rotatable bonds is 72. The molecule has 0 saturated carbocycles. The Morgan fingerprint density at radius 1 is 0.173 bits per heavy atom. The van der Waals surface area contributed by atoms with Crippen molar-refractivity contribution in [1.29, 1.82) is 0 Å². The summed E-state index contributed by atoms with van der Waals surface area (Å²) in [6, 6.07) is 7.27. The van der Waals surface area contributed by atoms with Gasteiger partial charge in [-0.25, -0.2) is 4.57 Å². The maximum Gasteiger partial charge on any atom is 0.466 e. The van der Waals surface area contributed by atoms with Crippen LogP contribution in [-0.2, 0) is 4.57 Å². The second-order valence-corrected chi connectivity index (χ2v) is 32.3. The van der Waals surface area contributed by atoms with E-state index in [9.17, 15) is 0 Å². The minimum absolute atomic E-state index is 0.808. The van der Waals surface area contributed by atoms with Crippen molar-refractivity contribution < 1.29 is 19.2 Å². The Morgan fingerprint density at radius 3 is 0.327 bits per heavy atom. The average molecular weight is 1410 g/mol. The fraction of sp³-hybridized carbons (Fsp3) is 1.00. The van der Waals surface area contributed by atoms with Gasteiger partial charge in [0, 0.05) is 54.4 Å². The number of hydrogen-bond donors (Lipinski definition) is 3. The lowest BCUT2D eigenvalue weighted by Gasteiger charge is -2.43. The third kappa shape index (κ3) is 63.3.